The molecule has 0 saturated carbocycles. The zero-order chi connectivity index (χ0) is 11.7. The molecule has 0 radical (unpaired) electrons. The van der Waals surface area contributed by atoms with Gasteiger partial charge in [0.2, 0.25) is 5.91 Å². The van der Waals surface area contributed by atoms with Crippen molar-refractivity contribution in [3.8, 4) is 0 Å². The Morgan fingerprint density at radius 3 is 2.94 bits per heavy atom. The number of hydrogen-bond acceptors (Lipinski definition) is 4. The minimum Gasteiger partial charge on any atom is -0.394 e. The molecule has 5 nitrogen and oxygen atoms in total. The highest BCUT2D eigenvalue weighted by atomic mass is 32.2. The van der Waals surface area contributed by atoms with Gasteiger partial charge in [-0.25, -0.2) is 0 Å². The zero-order valence-electron chi connectivity index (χ0n) is 9.49. The first-order chi connectivity index (χ1) is 7.59. The van der Waals surface area contributed by atoms with Gasteiger partial charge in [-0.3, -0.25) is 9.48 Å². The van der Waals surface area contributed by atoms with Gasteiger partial charge in [0.05, 0.1) is 11.4 Å². The van der Waals surface area contributed by atoms with Crippen LogP contribution in [-0.4, -0.2) is 27.2 Å². The molecule has 0 aliphatic carbocycles. The van der Waals surface area contributed by atoms with Crippen molar-refractivity contribution in [1.29, 1.82) is 0 Å². The first-order valence-electron chi connectivity index (χ1n) is 5.27. The number of carbonyl (C=O) groups excluding carboxylic acids is 1. The van der Waals surface area contributed by atoms with E-state index >= 15 is 0 Å². The summed E-state index contributed by atoms with van der Waals surface area (Å²) in [4.78, 5) is 11.9. The van der Waals surface area contributed by atoms with Crippen molar-refractivity contribution in [2.24, 2.45) is 13.0 Å². The number of nitrogens with zero attached hydrogens (tertiary/aromatic N) is 2. The second kappa shape index (κ2) is 4.37. The van der Waals surface area contributed by atoms with Crippen molar-refractivity contribution in [2.45, 2.75) is 13.3 Å². The lowest BCUT2D eigenvalue weighted by Gasteiger charge is -2.10. The fraction of sp³-hybridized carbons (Fsp3) is 0.600. The smallest absolute Gasteiger partial charge is 0.229 e. The molecule has 2 rings (SSSR count). The van der Waals surface area contributed by atoms with E-state index in [9.17, 15) is 4.79 Å². The highest BCUT2D eigenvalue weighted by molar-refractivity contribution is 7.99. The van der Waals surface area contributed by atoms with E-state index in [-0.39, 0.29) is 11.8 Å². The first-order valence-corrected chi connectivity index (χ1v) is 6.42. The third-order valence-electron chi connectivity index (χ3n) is 2.81. The lowest BCUT2D eigenvalue weighted by atomic mass is 10.1. The summed E-state index contributed by atoms with van der Waals surface area (Å²) < 4.78 is 1.62. The normalized spacial score (nSPS) is 20.0. The van der Waals surface area contributed by atoms with E-state index in [0.29, 0.717) is 11.5 Å². The summed E-state index contributed by atoms with van der Waals surface area (Å²) in [7, 11) is 1.78. The summed E-state index contributed by atoms with van der Waals surface area (Å²) in [6, 6.07) is 0. The lowest BCUT2D eigenvalue weighted by molar-refractivity contribution is -0.119. The SMILES string of the molecule is Cc1nn(C)c(NC(=O)C2CCSC2)c1N. The van der Waals surface area contributed by atoms with Gasteiger partial charge < -0.3 is 11.1 Å². The molecule has 88 valence electrons. The minimum absolute atomic E-state index is 0.0553. The van der Waals surface area contributed by atoms with E-state index in [2.05, 4.69) is 10.4 Å². The van der Waals surface area contributed by atoms with Crippen LogP contribution in [0.3, 0.4) is 0 Å². The summed E-state index contributed by atoms with van der Waals surface area (Å²) in [5.74, 6) is 2.75. The molecule has 1 aromatic heterocycles. The Morgan fingerprint density at radius 2 is 2.44 bits per heavy atom. The van der Waals surface area contributed by atoms with Crippen molar-refractivity contribution >= 4 is 29.2 Å². The molecule has 16 heavy (non-hydrogen) atoms. The standard InChI is InChI=1S/C10H16N4OS/c1-6-8(11)9(14(2)13-6)12-10(15)7-3-4-16-5-7/h7H,3-5,11H2,1-2H3,(H,12,15). The van der Waals surface area contributed by atoms with E-state index in [1.54, 1.807) is 11.7 Å². The molecule has 3 N–H and O–H groups in total. The number of anilines is 2. The Morgan fingerprint density at radius 1 is 1.69 bits per heavy atom. The second-order valence-electron chi connectivity index (χ2n) is 4.02. The number of thioether (sulfide) groups is 1. The number of nitrogens with one attached hydrogen (secondary N) is 1. The van der Waals surface area contributed by atoms with Crippen LogP contribution in [0.1, 0.15) is 12.1 Å². The van der Waals surface area contributed by atoms with Crippen LogP contribution in [0.5, 0.6) is 0 Å². The Balaban J connectivity index is 2.11. The Bertz CT molecular complexity index is 409. The van der Waals surface area contributed by atoms with Crippen molar-refractivity contribution in [3.05, 3.63) is 5.69 Å². The predicted molar refractivity (Wildman–Crippen MR) is 66.4 cm³/mol. The average molecular weight is 240 g/mol. The number of rotatable bonds is 2. The molecule has 2 heterocycles. The van der Waals surface area contributed by atoms with Crippen LogP contribution < -0.4 is 11.1 Å². The molecular weight excluding hydrogens is 224 g/mol. The zero-order valence-corrected chi connectivity index (χ0v) is 10.3. The van der Waals surface area contributed by atoms with Gasteiger partial charge in [0.1, 0.15) is 0 Å². The van der Waals surface area contributed by atoms with E-state index in [4.69, 9.17) is 5.73 Å². The van der Waals surface area contributed by atoms with Gasteiger partial charge in [-0.15, -0.1) is 0 Å². The highest BCUT2D eigenvalue weighted by Gasteiger charge is 2.24. The topological polar surface area (TPSA) is 72.9 Å². The largest absolute Gasteiger partial charge is 0.394 e. The molecule has 6 heteroatoms. The third kappa shape index (κ3) is 2.02. The van der Waals surface area contributed by atoms with Crippen molar-refractivity contribution in [2.75, 3.05) is 22.6 Å². The van der Waals surface area contributed by atoms with E-state index in [1.807, 2.05) is 18.7 Å². The van der Waals surface area contributed by atoms with Crippen LogP contribution in [-0.2, 0) is 11.8 Å². The maximum Gasteiger partial charge on any atom is 0.229 e. The summed E-state index contributed by atoms with van der Waals surface area (Å²) in [6.45, 7) is 1.83. The monoisotopic (exact) mass is 240 g/mol. The van der Waals surface area contributed by atoms with Gasteiger partial charge in [0, 0.05) is 18.7 Å². The summed E-state index contributed by atoms with van der Waals surface area (Å²) in [5, 5.41) is 7.03. The number of amides is 1. The average Bonchev–Trinajstić information content (AvgIpc) is 2.83. The highest BCUT2D eigenvalue weighted by Crippen LogP contribution is 2.26. The number of hydrogen-bond donors (Lipinski definition) is 2. The van der Waals surface area contributed by atoms with E-state index in [0.717, 1.165) is 23.6 Å². The van der Waals surface area contributed by atoms with E-state index in [1.165, 1.54) is 0 Å². The molecule has 1 unspecified atom stereocenters. The minimum atomic E-state index is 0.0553. The first kappa shape index (κ1) is 11.3. The van der Waals surface area contributed by atoms with E-state index < -0.39 is 0 Å². The van der Waals surface area contributed by atoms with Gasteiger partial charge in [-0.1, -0.05) is 0 Å². The molecule has 0 aromatic carbocycles. The molecule has 1 saturated heterocycles. The number of nitrogens with two attached hydrogens (primary N) is 1. The molecule has 1 aliphatic heterocycles. The van der Waals surface area contributed by atoms with Crippen LogP contribution in [0.25, 0.3) is 0 Å². The fourth-order valence-corrected chi connectivity index (χ4v) is 3.00. The maximum absolute atomic E-state index is 11.9. The number of aryl methyl sites for hydroxylation is 2. The van der Waals surface area contributed by atoms with Crippen LogP contribution in [0, 0.1) is 12.8 Å². The van der Waals surface area contributed by atoms with Gasteiger partial charge in [0.15, 0.2) is 5.82 Å². The maximum atomic E-state index is 11.9. The predicted octanol–water partition coefficient (Wildman–Crippen LogP) is 1.00. The summed E-state index contributed by atoms with van der Waals surface area (Å²) in [6.07, 6.45) is 0.952. The Labute approximate surface area is 98.8 Å². The molecule has 1 aromatic rings. The Kier molecular flexibility index (Phi) is 3.09. The number of nitrogen functional groups attached to an aromatic ring is 1. The molecule has 0 spiro atoms. The third-order valence-corrected chi connectivity index (χ3v) is 3.97. The molecule has 1 aliphatic rings. The van der Waals surface area contributed by atoms with Crippen LogP contribution >= 0.6 is 11.8 Å². The van der Waals surface area contributed by atoms with Gasteiger partial charge in [0.25, 0.3) is 0 Å². The molecule has 1 amide bonds. The van der Waals surface area contributed by atoms with Crippen molar-refractivity contribution < 1.29 is 4.79 Å². The number of carbonyl (C=O) groups is 1. The Hall–Kier alpha value is -1.17. The van der Waals surface area contributed by atoms with Crippen molar-refractivity contribution in [3.63, 3.8) is 0 Å². The fourth-order valence-electron chi connectivity index (χ4n) is 1.78. The quantitative estimate of drug-likeness (QED) is 0.809. The van der Waals surface area contributed by atoms with Gasteiger partial charge in [-0.2, -0.15) is 16.9 Å². The summed E-state index contributed by atoms with van der Waals surface area (Å²) in [5.41, 5.74) is 7.15. The molecule has 1 fully saturated rings. The van der Waals surface area contributed by atoms with Gasteiger partial charge in [-0.05, 0) is 19.1 Å². The lowest BCUT2D eigenvalue weighted by Crippen LogP contribution is -2.24. The van der Waals surface area contributed by atoms with Crippen LogP contribution in [0.2, 0.25) is 0 Å². The van der Waals surface area contributed by atoms with Crippen molar-refractivity contribution in [1.82, 2.24) is 9.78 Å². The van der Waals surface area contributed by atoms with Crippen LogP contribution in [0.4, 0.5) is 11.5 Å². The summed E-state index contributed by atoms with van der Waals surface area (Å²) >= 11 is 1.82. The molecule has 1 atom stereocenters. The second-order valence-corrected chi connectivity index (χ2v) is 5.17. The molecular formula is C10H16N4OS. The van der Waals surface area contributed by atoms with Crippen LogP contribution in [0.15, 0.2) is 0 Å². The molecule has 0 bridgehead atoms. The number of aromatic nitrogens is 2. The van der Waals surface area contributed by atoms with Gasteiger partial charge >= 0.3 is 0 Å².